The Morgan fingerprint density at radius 1 is 0.939 bits per heavy atom. The fraction of sp³-hybridized carbons (Fsp3) is 0.423. The van der Waals surface area contributed by atoms with Gasteiger partial charge in [-0.05, 0) is 61.9 Å². The van der Waals surface area contributed by atoms with Crippen LogP contribution in [0.1, 0.15) is 36.0 Å². The molecule has 1 aliphatic rings. The van der Waals surface area contributed by atoms with Crippen LogP contribution in [0.3, 0.4) is 0 Å². The minimum atomic E-state index is -0.000253. The minimum absolute atomic E-state index is 0.000253. The number of benzene rings is 2. The highest BCUT2D eigenvalue weighted by atomic mass is 16.1. The van der Waals surface area contributed by atoms with Gasteiger partial charge in [0.25, 0.3) is 5.91 Å². The summed E-state index contributed by atoms with van der Waals surface area (Å²) in [5.74, 6) is 2.12. The van der Waals surface area contributed by atoms with Gasteiger partial charge in [0.05, 0.1) is 5.52 Å². The summed E-state index contributed by atoms with van der Waals surface area (Å²) in [4.78, 5) is 26.1. The Labute approximate surface area is 196 Å². The van der Waals surface area contributed by atoms with Gasteiger partial charge in [-0.15, -0.1) is 0 Å². The van der Waals surface area contributed by atoms with E-state index in [9.17, 15) is 4.79 Å². The molecule has 2 aromatic carbocycles. The van der Waals surface area contributed by atoms with Crippen molar-refractivity contribution in [3.05, 3.63) is 54.1 Å². The first-order valence-electron chi connectivity index (χ1n) is 11.7. The average Bonchev–Trinajstić information content (AvgIpc) is 2.83. The molecule has 1 heterocycles. The predicted octanol–water partition coefficient (Wildman–Crippen LogP) is 4.16. The zero-order chi connectivity index (χ0) is 23.4. The molecule has 0 radical (unpaired) electrons. The molecule has 7 nitrogen and oxygen atoms in total. The molecular formula is C26H34N6O. The molecule has 0 bridgehead atoms. The molecule has 0 saturated heterocycles. The smallest absolute Gasteiger partial charge is 0.251 e. The number of para-hydroxylation sites is 1. The summed E-state index contributed by atoms with van der Waals surface area (Å²) in [5, 5.41) is 7.75. The molecule has 1 aromatic heterocycles. The maximum atomic E-state index is 12.6. The number of amides is 1. The lowest BCUT2D eigenvalue weighted by Gasteiger charge is -2.29. The maximum Gasteiger partial charge on any atom is 0.251 e. The third-order valence-corrected chi connectivity index (χ3v) is 6.36. The summed E-state index contributed by atoms with van der Waals surface area (Å²) < 4.78 is 0. The standard InChI is InChI=1S/C26H34N6O/c1-31(2)21-9-7-8-19(16-21)25(33)27-17-18-12-14-20(15-13-18)28-26-29-23-11-6-5-10-22(23)24(30-26)32(3)4/h5-11,16,18,20H,12-15,17H2,1-4H3,(H,27,33)(H,28,29,30). The second kappa shape index (κ2) is 10.1. The van der Waals surface area contributed by atoms with E-state index in [0.717, 1.165) is 54.6 Å². The van der Waals surface area contributed by atoms with Crippen LogP contribution < -0.4 is 20.4 Å². The third kappa shape index (κ3) is 5.53. The SMILES string of the molecule is CN(C)c1cccc(C(=O)NCC2CCC(Nc3nc(N(C)C)c4ccccc4n3)CC2)c1. The van der Waals surface area contributed by atoms with Gasteiger partial charge in [-0.25, -0.2) is 4.98 Å². The number of hydrogen-bond donors (Lipinski definition) is 2. The highest BCUT2D eigenvalue weighted by molar-refractivity contribution is 5.95. The van der Waals surface area contributed by atoms with Crippen molar-refractivity contribution in [3.8, 4) is 0 Å². The van der Waals surface area contributed by atoms with E-state index in [-0.39, 0.29) is 5.91 Å². The van der Waals surface area contributed by atoms with Gasteiger partial charge in [0.1, 0.15) is 5.82 Å². The van der Waals surface area contributed by atoms with Crippen LogP contribution in [0.15, 0.2) is 48.5 Å². The Bertz CT molecular complexity index is 1100. The lowest BCUT2D eigenvalue weighted by atomic mass is 9.86. The van der Waals surface area contributed by atoms with E-state index < -0.39 is 0 Å². The lowest BCUT2D eigenvalue weighted by molar-refractivity contribution is 0.0943. The van der Waals surface area contributed by atoms with E-state index in [1.165, 1.54) is 0 Å². The van der Waals surface area contributed by atoms with E-state index in [1.807, 2.05) is 80.5 Å². The summed E-state index contributed by atoms with van der Waals surface area (Å²) in [6.45, 7) is 0.717. The van der Waals surface area contributed by atoms with Crippen LogP contribution in [0, 0.1) is 5.92 Å². The molecule has 2 N–H and O–H groups in total. The second-order valence-corrected chi connectivity index (χ2v) is 9.30. The van der Waals surface area contributed by atoms with Crippen LogP contribution in [-0.4, -0.2) is 56.7 Å². The van der Waals surface area contributed by atoms with Crippen molar-refractivity contribution in [3.63, 3.8) is 0 Å². The summed E-state index contributed by atoms with van der Waals surface area (Å²) in [7, 11) is 7.98. The molecule has 4 rings (SSSR count). The summed E-state index contributed by atoms with van der Waals surface area (Å²) in [5.41, 5.74) is 2.69. The molecule has 0 unspecified atom stereocenters. The monoisotopic (exact) mass is 446 g/mol. The van der Waals surface area contributed by atoms with Gasteiger partial charge in [0.15, 0.2) is 0 Å². The van der Waals surface area contributed by atoms with Gasteiger partial charge in [0.2, 0.25) is 5.95 Å². The molecule has 0 spiro atoms. The van der Waals surface area contributed by atoms with Gasteiger partial charge in [-0.2, -0.15) is 4.98 Å². The molecular weight excluding hydrogens is 412 g/mol. The molecule has 1 aliphatic carbocycles. The van der Waals surface area contributed by atoms with E-state index in [0.29, 0.717) is 23.5 Å². The third-order valence-electron chi connectivity index (χ3n) is 6.36. The molecule has 0 atom stereocenters. The van der Waals surface area contributed by atoms with Crippen LogP contribution in [0.2, 0.25) is 0 Å². The second-order valence-electron chi connectivity index (χ2n) is 9.30. The van der Waals surface area contributed by atoms with Crippen LogP contribution in [0.4, 0.5) is 17.5 Å². The normalized spacial score (nSPS) is 18.1. The van der Waals surface area contributed by atoms with Gasteiger partial charge in [0, 0.05) is 57.4 Å². The first-order chi connectivity index (χ1) is 15.9. The molecule has 3 aromatic rings. The lowest BCUT2D eigenvalue weighted by Crippen LogP contribution is -2.34. The van der Waals surface area contributed by atoms with Crippen LogP contribution >= 0.6 is 0 Å². The Kier molecular flexibility index (Phi) is 6.96. The highest BCUT2D eigenvalue weighted by Gasteiger charge is 2.23. The Morgan fingerprint density at radius 2 is 1.70 bits per heavy atom. The molecule has 174 valence electrons. The van der Waals surface area contributed by atoms with Crippen molar-refractivity contribution in [1.29, 1.82) is 0 Å². The van der Waals surface area contributed by atoms with Crippen LogP contribution in [0.5, 0.6) is 0 Å². The van der Waals surface area contributed by atoms with Crippen molar-refractivity contribution in [2.24, 2.45) is 5.92 Å². The maximum absolute atomic E-state index is 12.6. The number of carbonyl (C=O) groups excluding carboxylic acids is 1. The van der Waals surface area contributed by atoms with Crippen molar-refractivity contribution in [2.75, 3.05) is 49.9 Å². The summed E-state index contributed by atoms with van der Waals surface area (Å²) >= 11 is 0. The first kappa shape index (κ1) is 22.8. The van der Waals surface area contributed by atoms with Crippen molar-refractivity contribution in [1.82, 2.24) is 15.3 Å². The van der Waals surface area contributed by atoms with Crippen LogP contribution in [0.25, 0.3) is 10.9 Å². The highest BCUT2D eigenvalue weighted by Crippen LogP contribution is 2.28. The number of nitrogens with zero attached hydrogens (tertiary/aromatic N) is 4. The molecule has 7 heteroatoms. The fourth-order valence-corrected chi connectivity index (χ4v) is 4.42. The number of nitrogens with one attached hydrogen (secondary N) is 2. The Hall–Kier alpha value is -3.35. The first-order valence-corrected chi connectivity index (χ1v) is 11.7. The van der Waals surface area contributed by atoms with E-state index in [2.05, 4.69) is 16.7 Å². The fourth-order valence-electron chi connectivity index (χ4n) is 4.42. The topological polar surface area (TPSA) is 73.4 Å². The number of fused-ring (bicyclic) bond motifs is 1. The molecule has 33 heavy (non-hydrogen) atoms. The van der Waals surface area contributed by atoms with Gasteiger partial charge < -0.3 is 20.4 Å². The molecule has 1 saturated carbocycles. The number of aromatic nitrogens is 2. The largest absolute Gasteiger partial charge is 0.378 e. The van der Waals surface area contributed by atoms with Gasteiger partial charge in [-0.3, -0.25) is 4.79 Å². The zero-order valence-electron chi connectivity index (χ0n) is 20.0. The van der Waals surface area contributed by atoms with E-state index in [4.69, 9.17) is 9.97 Å². The predicted molar refractivity (Wildman–Crippen MR) is 136 cm³/mol. The zero-order valence-corrected chi connectivity index (χ0v) is 20.0. The molecule has 0 aliphatic heterocycles. The van der Waals surface area contributed by atoms with Crippen molar-refractivity contribution >= 4 is 34.3 Å². The summed E-state index contributed by atoms with van der Waals surface area (Å²) in [6, 6.07) is 16.2. The number of hydrogen-bond acceptors (Lipinski definition) is 6. The van der Waals surface area contributed by atoms with Crippen molar-refractivity contribution < 1.29 is 4.79 Å². The quantitative estimate of drug-likeness (QED) is 0.568. The van der Waals surface area contributed by atoms with Gasteiger partial charge in [-0.1, -0.05) is 18.2 Å². The number of anilines is 3. The van der Waals surface area contributed by atoms with Crippen LogP contribution in [-0.2, 0) is 0 Å². The number of carbonyl (C=O) groups is 1. The Balaban J connectivity index is 1.31. The van der Waals surface area contributed by atoms with Crippen molar-refractivity contribution in [2.45, 2.75) is 31.7 Å². The number of rotatable bonds is 7. The Morgan fingerprint density at radius 3 is 2.42 bits per heavy atom. The average molecular weight is 447 g/mol. The van der Waals surface area contributed by atoms with Gasteiger partial charge >= 0.3 is 0 Å². The molecule has 1 fully saturated rings. The molecule has 1 amide bonds. The summed E-state index contributed by atoms with van der Waals surface area (Å²) in [6.07, 6.45) is 4.24. The van der Waals surface area contributed by atoms with E-state index in [1.54, 1.807) is 0 Å². The minimum Gasteiger partial charge on any atom is -0.378 e. The van der Waals surface area contributed by atoms with E-state index >= 15 is 0 Å².